The molecule has 18 heavy (non-hydrogen) atoms. The van der Waals surface area contributed by atoms with E-state index in [0.717, 1.165) is 0 Å². The third kappa shape index (κ3) is 3.75. The molecule has 0 aliphatic carbocycles. The topological polar surface area (TPSA) is 60.5 Å². The highest BCUT2D eigenvalue weighted by molar-refractivity contribution is 5.77. The molecule has 1 aromatic rings. The number of pyridine rings is 1. The fourth-order valence-corrected chi connectivity index (χ4v) is 1.41. The zero-order valence-corrected chi connectivity index (χ0v) is 10.5. The van der Waals surface area contributed by atoms with E-state index in [0.29, 0.717) is 18.1 Å². The maximum Gasteiger partial charge on any atom is 0.327 e. The van der Waals surface area contributed by atoms with Gasteiger partial charge in [-0.05, 0) is 18.6 Å². The molecule has 96 valence electrons. The SMILES string of the molecule is C#CCNC(C(=O)OCC)c1ccc(OC)nc1. The molecule has 1 heterocycles. The van der Waals surface area contributed by atoms with Crippen molar-refractivity contribution in [3.05, 3.63) is 23.9 Å². The van der Waals surface area contributed by atoms with Crippen LogP contribution in [0.2, 0.25) is 0 Å². The number of nitrogens with one attached hydrogen (secondary N) is 1. The van der Waals surface area contributed by atoms with Crippen LogP contribution in [0, 0.1) is 12.3 Å². The summed E-state index contributed by atoms with van der Waals surface area (Å²) in [6, 6.07) is 2.81. The van der Waals surface area contributed by atoms with Gasteiger partial charge in [0.2, 0.25) is 5.88 Å². The minimum absolute atomic E-state index is 0.273. The second kappa shape index (κ2) is 7.30. The summed E-state index contributed by atoms with van der Waals surface area (Å²) in [7, 11) is 1.53. The largest absolute Gasteiger partial charge is 0.481 e. The van der Waals surface area contributed by atoms with Gasteiger partial charge in [-0.25, -0.2) is 9.78 Å². The van der Waals surface area contributed by atoms with E-state index in [9.17, 15) is 4.79 Å². The van der Waals surface area contributed by atoms with Crippen LogP contribution in [0.1, 0.15) is 18.5 Å². The molecule has 0 aliphatic heterocycles. The fraction of sp³-hybridized carbons (Fsp3) is 0.385. The van der Waals surface area contributed by atoms with Crippen LogP contribution in [-0.4, -0.2) is 31.2 Å². The highest BCUT2D eigenvalue weighted by atomic mass is 16.5. The van der Waals surface area contributed by atoms with Crippen molar-refractivity contribution < 1.29 is 14.3 Å². The number of carbonyl (C=O) groups is 1. The third-order valence-electron chi connectivity index (χ3n) is 2.23. The summed E-state index contributed by atoms with van der Waals surface area (Å²) in [5, 5.41) is 2.92. The van der Waals surface area contributed by atoms with Gasteiger partial charge < -0.3 is 9.47 Å². The first-order valence-corrected chi connectivity index (χ1v) is 5.56. The van der Waals surface area contributed by atoms with Gasteiger partial charge in [0.05, 0.1) is 20.3 Å². The third-order valence-corrected chi connectivity index (χ3v) is 2.23. The van der Waals surface area contributed by atoms with Gasteiger partial charge in [0.15, 0.2) is 0 Å². The van der Waals surface area contributed by atoms with Gasteiger partial charge in [-0.15, -0.1) is 6.42 Å². The number of carbonyl (C=O) groups excluding carboxylic acids is 1. The molecule has 0 aliphatic rings. The van der Waals surface area contributed by atoms with Crippen LogP contribution in [0.15, 0.2) is 18.3 Å². The molecule has 0 saturated carbocycles. The predicted octanol–water partition coefficient (Wildman–Crippen LogP) is 0.917. The van der Waals surface area contributed by atoms with Gasteiger partial charge in [-0.3, -0.25) is 5.32 Å². The monoisotopic (exact) mass is 248 g/mol. The van der Waals surface area contributed by atoms with Crippen molar-refractivity contribution in [2.75, 3.05) is 20.3 Å². The van der Waals surface area contributed by atoms with Gasteiger partial charge in [0.25, 0.3) is 0 Å². The van der Waals surface area contributed by atoms with Crippen molar-refractivity contribution >= 4 is 5.97 Å². The first-order valence-electron chi connectivity index (χ1n) is 5.56. The Morgan fingerprint density at radius 1 is 1.61 bits per heavy atom. The zero-order chi connectivity index (χ0) is 13.4. The Balaban J connectivity index is 2.86. The van der Waals surface area contributed by atoms with E-state index in [1.165, 1.54) is 7.11 Å². The fourth-order valence-electron chi connectivity index (χ4n) is 1.41. The van der Waals surface area contributed by atoms with Gasteiger partial charge in [0, 0.05) is 12.3 Å². The maximum absolute atomic E-state index is 11.8. The molecule has 0 fully saturated rings. The number of methoxy groups -OCH3 is 1. The number of ether oxygens (including phenoxy) is 2. The molecule has 5 nitrogen and oxygen atoms in total. The first kappa shape index (κ1) is 14.0. The smallest absolute Gasteiger partial charge is 0.327 e. The average Bonchev–Trinajstić information content (AvgIpc) is 2.40. The molecule has 0 amide bonds. The first-order chi connectivity index (χ1) is 8.72. The summed E-state index contributed by atoms with van der Waals surface area (Å²) in [6.07, 6.45) is 6.73. The van der Waals surface area contributed by atoms with E-state index in [1.807, 2.05) is 0 Å². The Morgan fingerprint density at radius 3 is 2.89 bits per heavy atom. The number of esters is 1. The van der Waals surface area contributed by atoms with Crippen molar-refractivity contribution in [1.29, 1.82) is 0 Å². The highest BCUT2D eigenvalue weighted by Gasteiger charge is 2.21. The molecule has 0 radical (unpaired) electrons. The highest BCUT2D eigenvalue weighted by Crippen LogP contribution is 2.16. The number of nitrogens with zero attached hydrogens (tertiary/aromatic N) is 1. The second-order valence-corrected chi connectivity index (χ2v) is 3.40. The molecular formula is C13H16N2O3. The van der Waals surface area contributed by atoms with Crippen LogP contribution in [-0.2, 0) is 9.53 Å². The summed E-state index contributed by atoms with van der Waals surface area (Å²) in [5.74, 6) is 2.53. The van der Waals surface area contributed by atoms with Crippen LogP contribution < -0.4 is 10.1 Å². The quantitative estimate of drug-likeness (QED) is 0.599. The van der Waals surface area contributed by atoms with E-state index in [-0.39, 0.29) is 12.5 Å². The summed E-state index contributed by atoms with van der Waals surface area (Å²) in [6.45, 7) is 2.34. The van der Waals surface area contributed by atoms with Crippen LogP contribution >= 0.6 is 0 Å². The van der Waals surface area contributed by atoms with Crippen molar-refractivity contribution in [2.24, 2.45) is 0 Å². The molecule has 0 bridgehead atoms. The molecule has 1 unspecified atom stereocenters. The number of hydrogen-bond acceptors (Lipinski definition) is 5. The predicted molar refractivity (Wildman–Crippen MR) is 67.0 cm³/mol. The Morgan fingerprint density at radius 2 is 2.39 bits per heavy atom. The van der Waals surface area contributed by atoms with Crippen LogP contribution in [0.4, 0.5) is 0 Å². The molecule has 1 rings (SSSR count). The molecule has 1 atom stereocenters. The maximum atomic E-state index is 11.8. The number of hydrogen-bond donors (Lipinski definition) is 1. The summed E-state index contributed by atoms with van der Waals surface area (Å²) < 4.78 is 9.94. The second-order valence-electron chi connectivity index (χ2n) is 3.40. The molecule has 5 heteroatoms. The van der Waals surface area contributed by atoms with E-state index in [2.05, 4.69) is 16.2 Å². The molecule has 0 saturated heterocycles. The van der Waals surface area contributed by atoms with E-state index in [1.54, 1.807) is 25.3 Å². The summed E-state index contributed by atoms with van der Waals surface area (Å²) in [5.41, 5.74) is 0.685. The minimum atomic E-state index is -0.612. The number of terminal acetylenes is 1. The van der Waals surface area contributed by atoms with E-state index in [4.69, 9.17) is 15.9 Å². The number of aromatic nitrogens is 1. The van der Waals surface area contributed by atoms with Crippen molar-refractivity contribution in [2.45, 2.75) is 13.0 Å². The van der Waals surface area contributed by atoms with Crippen molar-refractivity contribution in [1.82, 2.24) is 10.3 Å². The molecule has 1 N–H and O–H groups in total. The molecular weight excluding hydrogens is 232 g/mol. The van der Waals surface area contributed by atoms with Gasteiger partial charge in [-0.2, -0.15) is 0 Å². The summed E-state index contributed by atoms with van der Waals surface area (Å²) in [4.78, 5) is 15.8. The van der Waals surface area contributed by atoms with Gasteiger partial charge >= 0.3 is 5.97 Å². The van der Waals surface area contributed by atoms with Crippen molar-refractivity contribution in [3.8, 4) is 18.2 Å². The van der Waals surface area contributed by atoms with Crippen LogP contribution in [0.3, 0.4) is 0 Å². The normalized spacial score (nSPS) is 11.4. The lowest BCUT2D eigenvalue weighted by Gasteiger charge is -2.16. The Hall–Kier alpha value is -2.06. The van der Waals surface area contributed by atoms with Crippen LogP contribution in [0.25, 0.3) is 0 Å². The Labute approximate surface area is 107 Å². The van der Waals surface area contributed by atoms with Crippen LogP contribution in [0.5, 0.6) is 5.88 Å². The minimum Gasteiger partial charge on any atom is -0.481 e. The standard InChI is InChI=1S/C13H16N2O3/c1-4-8-14-12(13(16)18-5-2)10-6-7-11(17-3)15-9-10/h1,6-7,9,12,14H,5,8H2,2-3H3. The van der Waals surface area contributed by atoms with Gasteiger partial charge in [-0.1, -0.05) is 5.92 Å². The van der Waals surface area contributed by atoms with Crippen molar-refractivity contribution in [3.63, 3.8) is 0 Å². The lowest BCUT2D eigenvalue weighted by Crippen LogP contribution is -2.30. The molecule has 0 spiro atoms. The average molecular weight is 248 g/mol. The summed E-state index contributed by atoms with van der Waals surface area (Å²) >= 11 is 0. The lowest BCUT2D eigenvalue weighted by atomic mass is 10.1. The van der Waals surface area contributed by atoms with E-state index >= 15 is 0 Å². The molecule has 1 aromatic heterocycles. The number of rotatable bonds is 6. The van der Waals surface area contributed by atoms with E-state index < -0.39 is 6.04 Å². The Kier molecular flexibility index (Phi) is 5.68. The Bertz CT molecular complexity index is 423. The van der Waals surface area contributed by atoms with Gasteiger partial charge in [0.1, 0.15) is 6.04 Å². The molecule has 0 aromatic carbocycles. The lowest BCUT2D eigenvalue weighted by molar-refractivity contribution is -0.145. The zero-order valence-electron chi connectivity index (χ0n) is 10.5.